The minimum Gasteiger partial charge on any atom is -0.464 e. The zero-order valence-corrected chi connectivity index (χ0v) is 12.2. The maximum absolute atomic E-state index is 11.5. The van der Waals surface area contributed by atoms with Gasteiger partial charge in [-0.1, -0.05) is 24.3 Å². The molecule has 5 nitrogen and oxygen atoms in total. The topological polar surface area (TPSA) is 74.5 Å². The lowest BCUT2D eigenvalue weighted by atomic mass is 10.1. The van der Waals surface area contributed by atoms with E-state index in [2.05, 4.69) is 10.6 Å². The van der Waals surface area contributed by atoms with Crippen molar-refractivity contribution in [2.24, 2.45) is 0 Å². The Bertz CT molecular complexity index is 562. The number of aliphatic hydroxyl groups excluding tert-OH is 1. The maximum Gasteiger partial charge on any atom is 0.315 e. The predicted octanol–water partition coefficient (Wildman–Crippen LogP) is 2.69. The van der Waals surface area contributed by atoms with Gasteiger partial charge in [-0.2, -0.15) is 0 Å². The van der Waals surface area contributed by atoms with E-state index in [9.17, 15) is 9.90 Å². The Morgan fingerprint density at radius 2 is 1.95 bits per heavy atom. The summed E-state index contributed by atoms with van der Waals surface area (Å²) < 4.78 is 5.31. The largest absolute Gasteiger partial charge is 0.464 e. The summed E-state index contributed by atoms with van der Waals surface area (Å²) in [5.74, 6) is 0.783. The molecule has 0 aliphatic rings. The van der Waals surface area contributed by atoms with E-state index in [1.165, 1.54) is 0 Å². The van der Waals surface area contributed by atoms with Crippen LogP contribution in [-0.2, 0) is 0 Å². The van der Waals surface area contributed by atoms with Gasteiger partial charge in [0.05, 0.1) is 12.4 Å². The highest BCUT2D eigenvalue weighted by Gasteiger charge is 2.10. The Kier molecular flexibility index (Phi) is 5.00. The number of hydrogen-bond donors (Lipinski definition) is 3. The monoisotopic (exact) mass is 288 g/mol. The van der Waals surface area contributed by atoms with Crippen LogP contribution in [-0.4, -0.2) is 23.7 Å². The second kappa shape index (κ2) is 6.95. The second-order valence-electron chi connectivity index (χ2n) is 5.12. The fourth-order valence-electron chi connectivity index (χ4n) is 1.93. The van der Waals surface area contributed by atoms with Gasteiger partial charge in [0.25, 0.3) is 0 Å². The zero-order chi connectivity index (χ0) is 15.2. The summed E-state index contributed by atoms with van der Waals surface area (Å²) >= 11 is 0. The van der Waals surface area contributed by atoms with Crippen molar-refractivity contribution in [3.05, 3.63) is 48.2 Å². The molecule has 0 saturated heterocycles. The van der Waals surface area contributed by atoms with Crippen molar-refractivity contribution in [3.8, 4) is 11.3 Å². The van der Waals surface area contributed by atoms with Gasteiger partial charge in [0.2, 0.25) is 0 Å². The molecule has 1 atom stereocenters. The molecule has 2 amide bonds. The molecule has 21 heavy (non-hydrogen) atoms. The lowest BCUT2D eigenvalue weighted by Crippen LogP contribution is -2.41. The Morgan fingerprint density at radius 3 is 2.52 bits per heavy atom. The average Bonchev–Trinajstić information content (AvgIpc) is 2.98. The van der Waals surface area contributed by atoms with Gasteiger partial charge in [-0.15, -0.1) is 0 Å². The Morgan fingerprint density at radius 1 is 1.24 bits per heavy atom. The van der Waals surface area contributed by atoms with Crippen molar-refractivity contribution in [2.45, 2.75) is 26.0 Å². The van der Waals surface area contributed by atoms with Gasteiger partial charge < -0.3 is 20.2 Å². The molecule has 2 aromatic rings. The van der Waals surface area contributed by atoms with Crippen LogP contribution < -0.4 is 10.6 Å². The number of benzene rings is 1. The van der Waals surface area contributed by atoms with E-state index in [1.807, 2.05) is 50.2 Å². The summed E-state index contributed by atoms with van der Waals surface area (Å²) in [5, 5.41) is 15.4. The molecule has 0 spiro atoms. The Balaban J connectivity index is 1.91. The molecule has 0 unspecified atom stereocenters. The quantitative estimate of drug-likeness (QED) is 0.792. The number of rotatable bonds is 5. The molecule has 112 valence electrons. The van der Waals surface area contributed by atoms with Crippen molar-refractivity contribution in [2.75, 3.05) is 6.54 Å². The van der Waals surface area contributed by atoms with Crippen molar-refractivity contribution in [1.82, 2.24) is 10.6 Å². The fourth-order valence-corrected chi connectivity index (χ4v) is 1.93. The van der Waals surface area contributed by atoms with Crippen LogP contribution in [0.25, 0.3) is 11.3 Å². The van der Waals surface area contributed by atoms with Crippen LogP contribution >= 0.6 is 0 Å². The number of furan rings is 1. The molecule has 0 aliphatic carbocycles. The van der Waals surface area contributed by atoms with Crippen LogP contribution in [0, 0.1) is 0 Å². The number of hydrogen-bond acceptors (Lipinski definition) is 3. The summed E-state index contributed by atoms with van der Waals surface area (Å²) in [6, 6.07) is 10.9. The molecule has 0 fully saturated rings. The van der Waals surface area contributed by atoms with E-state index in [1.54, 1.807) is 6.26 Å². The third kappa shape index (κ3) is 4.36. The second-order valence-corrected chi connectivity index (χ2v) is 5.12. The van der Waals surface area contributed by atoms with Gasteiger partial charge >= 0.3 is 6.03 Å². The van der Waals surface area contributed by atoms with Crippen LogP contribution in [0.2, 0.25) is 0 Å². The molecule has 0 aliphatic heterocycles. The van der Waals surface area contributed by atoms with Crippen molar-refractivity contribution in [3.63, 3.8) is 0 Å². The smallest absolute Gasteiger partial charge is 0.315 e. The molecule has 1 aromatic heterocycles. The van der Waals surface area contributed by atoms with Crippen molar-refractivity contribution < 1.29 is 14.3 Å². The van der Waals surface area contributed by atoms with E-state index in [-0.39, 0.29) is 18.6 Å². The average molecular weight is 288 g/mol. The first-order chi connectivity index (χ1) is 10.1. The molecule has 2 rings (SSSR count). The Hall–Kier alpha value is -2.27. The SMILES string of the molecule is CC(C)NC(=O)NC[C@H](O)c1ccc(-c2ccco2)cc1. The third-order valence-electron chi connectivity index (χ3n) is 2.98. The molecule has 1 heterocycles. The molecule has 3 N–H and O–H groups in total. The number of carbonyl (C=O) groups is 1. The number of nitrogens with one attached hydrogen (secondary N) is 2. The van der Waals surface area contributed by atoms with Gasteiger partial charge in [-0.05, 0) is 31.5 Å². The lowest BCUT2D eigenvalue weighted by Gasteiger charge is -2.14. The van der Waals surface area contributed by atoms with Crippen molar-refractivity contribution in [1.29, 1.82) is 0 Å². The van der Waals surface area contributed by atoms with Gasteiger partial charge in [0.15, 0.2) is 0 Å². The third-order valence-corrected chi connectivity index (χ3v) is 2.98. The summed E-state index contributed by atoms with van der Waals surface area (Å²) in [6.07, 6.45) is 0.878. The highest BCUT2D eigenvalue weighted by molar-refractivity contribution is 5.74. The maximum atomic E-state index is 11.5. The summed E-state index contributed by atoms with van der Waals surface area (Å²) in [4.78, 5) is 11.5. The molecule has 5 heteroatoms. The molecule has 0 saturated carbocycles. The number of carbonyl (C=O) groups excluding carboxylic acids is 1. The van der Waals surface area contributed by atoms with E-state index in [0.29, 0.717) is 0 Å². The highest BCUT2D eigenvalue weighted by Crippen LogP contribution is 2.22. The number of aliphatic hydroxyl groups is 1. The van der Waals surface area contributed by atoms with Gasteiger partial charge in [0.1, 0.15) is 5.76 Å². The molecule has 1 aromatic carbocycles. The normalized spacial score (nSPS) is 12.2. The van der Waals surface area contributed by atoms with Crippen molar-refractivity contribution >= 4 is 6.03 Å². The predicted molar refractivity (Wildman–Crippen MR) is 80.8 cm³/mol. The molecule has 0 radical (unpaired) electrons. The van der Waals surface area contributed by atoms with Crippen LogP contribution in [0.4, 0.5) is 4.79 Å². The molecule has 0 bridgehead atoms. The fraction of sp³-hybridized carbons (Fsp3) is 0.312. The molecular weight excluding hydrogens is 268 g/mol. The highest BCUT2D eigenvalue weighted by atomic mass is 16.3. The van der Waals surface area contributed by atoms with E-state index >= 15 is 0 Å². The number of urea groups is 1. The standard InChI is InChI=1S/C16H20N2O3/c1-11(2)18-16(20)17-10-14(19)12-5-7-13(8-6-12)15-4-3-9-21-15/h3-9,11,14,19H,10H2,1-2H3,(H2,17,18,20)/t14-/m0/s1. The van der Waals surface area contributed by atoms with E-state index in [0.717, 1.165) is 16.9 Å². The summed E-state index contributed by atoms with van der Waals surface area (Å²) in [5.41, 5.74) is 1.69. The molecular formula is C16H20N2O3. The van der Waals surface area contributed by atoms with Gasteiger partial charge in [-0.25, -0.2) is 4.79 Å². The van der Waals surface area contributed by atoms with E-state index in [4.69, 9.17) is 4.42 Å². The van der Waals surface area contributed by atoms with Gasteiger partial charge in [-0.3, -0.25) is 0 Å². The zero-order valence-electron chi connectivity index (χ0n) is 12.2. The van der Waals surface area contributed by atoms with Crippen LogP contribution in [0.1, 0.15) is 25.5 Å². The first-order valence-electron chi connectivity index (χ1n) is 6.92. The van der Waals surface area contributed by atoms with E-state index < -0.39 is 6.10 Å². The summed E-state index contributed by atoms with van der Waals surface area (Å²) in [7, 11) is 0. The van der Waals surface area contributed by atoms with Crippen LogP contribution in [0.3, 0.4) is 0 Å². The first-order valence-corrected chi connectivity index (χ1v) is 6.92. The first kappa shape index (κ1) is 15.1. The summed E-state index contributed by atoms with van der Waals surface area (Å²) in [6.45, 7) is 3.92. The van der Waals surface area contributed by atoms with Crippen LogP contribution in [0.15, 0.2) is 47.1 Å². The van der Waals surface area contributed by atoms with Gasteiger partial charge in [0, 0.05) is 18.2 Å². The Labute approximate surface area is 124 Å². The minimum atomic E-state index is -0.742. The van der Waals surface area contributed by atoms with Crippen LogP contribution in [0.5, 0.6) is 0 Å². The number of amides is 2. The lowest BCUT2D eigenvalue weighted by molar-refractivity contribution is 0.172. The minimum absolute atomic E-state index is 0.0646.